The standard InChI is InChI=1S/C25H31N5O4/c1-2-29(17-21(31)27-14-9-15-34-18-20-12-7-4-8-13-20)22-23(26)30(25(33)28-24(22)32)16-19-10-5-3-6-11-19/h3-8,10-13H,2,9,14-18,26H2,1H3,(H,27,31)(H,28,32,33). The molecule has 180 valence electrons. The zero-order valence-corrected chi connectivity index (χ0v) is 19.3. The van der Waals surface area contributed by atoms with Crippen LogP contribution in [0.1, 0.15) is 24.5 Å². The van der Waals surface area contributed by atoms with Crippen LogP contribution in [0.15, 0.2) is 70.3 Å². The number of amides is 1. The summed E-state index contributed by atoms with van der Waals surface area (Å²) in [4.78, 5) is 41.3. The second kappa shape index (κ2) is 12.4. The summed E-state index contributed by atoms with van der Waals surface area (Å²) in [6.07, 6.45) is 0.662. The Kier molecular flexibility index (Phi) is 9.04. The van der Waals surface area contributed by atoms with E-state index in [4.69, 9.17) is 10.5 Å². The van der Waals surface area contributed by atoms with Crippen LogP contribution in [0.4, 0.5) is 11.5 Å². The van der Waals surface area contributed by atoms with E-state index in [2.05, 4.69) is 10.3 Å². The van der Waals surface area contributed by atoms with Gasteiger partial charge in [-0.3, -0.25) is 19.1 Å². The van der Waals surface area contributed by atoms with Crippen molar-refractivity contribution >= 4 is 17.4 Å². The molecule has 0 saturated carbocycles. The van der Waals surface area contributed by atoms with Crippen molar-refractivity contribution < 1.29 is 9.53 Å². The fourth-order valence-corrected chi connectivity index (χ4v) is 3.55. The lowest BCUT2D eigenvalue weighted by Crippen LogP contribution is -2.43. The first-order valence-corrected chi connectivity index (χ1v) is 11.3. The monoisotopic (exact) mass is 465 g/mol. The quantitative estimate of drug-likeness (QED) is 0.350. The van der Waals surface area contributed by atoms with Gasteiger partial charge in [-0.2, -0.15) is 0 Å². The molecule has 0 aliphatic heterocycles. The molecule has 1 aromatic heterocycles. The topological polar surface area (TPSA) is 122 Å². The van der Waals surface area contributed by atoms with E-state index < -0.39 is 11.2 Å². The fraction of sp³-hybridized carbons (Fsp3) is 0.320. The largest absolute Gasteiger partial charge is 0.383 e. The minimum absolute atomic E-state index is 0.0292. The first-order valence-electron chi connectivity index (χ1n) is 11.3. The molecule has 2 aromatic carbocycles. The molecule has 0 fully saturated rings. The van der Waals surface area contributed by atoms with Crippen LogP contribution in [0, 0.1) is 0 Å². The van der Waals surface area contributed by atoms with Gasteiger partial charge in [-0.1, -0.05) is 60.7 Å². The molecule has 9 nitrogen and oxygen atoms in total. The molecule has 0 saturated heterocycles. The highest BCUT2D eigenvalue weighted by atomic mass is 16.5. The molecule has 0 aliphatic rings. The SMILES string of the molecule is CCN(CC(=O)NCCCOCc1ccccc1)c1c(N)n(Cc2ccccc2)c(=O)[nH]c1=O. The second-order valence-corrected chi connectivity index (χ2v) is 7.82. The van der Waals surface area contributed by atoms with Crippen molar-refractivity contribution in [3.63, 3.8) is 0 Å². The molecule has 0 aliphatic carbocycles. The molecule has 9 heteroatoms. The molecule has 0 radical (unpaired) electrons. The average Bonchev–Trinajstić information content (AvgIpc) is 2.84. The van der Waals surface area contributed by atoms with Crippen molar-refractivity contribution in [2.75, 3.05) is 36.9 Å². The van der Waals surface area contributed by atoms with Crippen LogP contribution < -0.4 is 27.2 Å². The minimum Gasteiger partial charge on any atom is -0.383 e. The van der Waals surface area contributed by atoms with Gasteiger partial charge in [-0.25, -0.2) is 4.79 Å². The van der Waals surface area contributed by atoms with Gasteiger partial charge in [-0.05, 0) is 24.5 Å². The maximum absolute atomic E-state index is 12.6. The van der Waals surface area contributed by atoms with Crippen LogP contribution in [-0.2, 0) is 22.7 Å². The lowest BCUT2D eigenvalue weighted by molar-refractivity contribution is -0.119. The van der Waals surface area contributed by atoms with Crippen molar-refractivity contribution in [2.24, 2.45) is 0 Å². The molecule has 3 aromatic rings. The highest BCUT2D eigenvalue weighted by Gasteiger charge is 2.20. The summed E-state index contributed by atoms with van der Waals surface area (Å²) in [6.45, 7) is 3.83. The smallest absolute Gasteiger partial charge is 0.330 e. The van der Waals surface area contributed by atoms with Crippen LogP contribution in [0.3, 0.4) is 0 Å². The predicted octanol–water partition coefficient (Wildman–Crippen LogP) is 1.72. The van der Waals surface area contributed by atoms with Crippen molar-refractivity contribution in [3.05, 3.63) is 92.6 Å². The number of aromatic nitrogens is 2. The average molecular weight is 466 g/mol. The first kappa shape index (κ1) is 24.8. The van der Waals surface area contributed by atoms with E-state index in [1.165, 1.54) is 4.57 Å². The summed E-state index contributed by atoms with van der Waals surface area (Å²) in [6, 6.07) is 19.2. The van der Waals surface area contributed by atoms with Crippen LogP contribution in [-0.4, -0.2) is 41.7 Å². The zero-order chi connectivity index (χ0) is 24.3. The Morgan fingerprint density at radius 2 is 1.71 bits per heavy atom. The van der Waals surface area contributed by atoms with Crippen LogP contribution >= 0.6 is 0 Å². The van der Waals surface area contributed by atoms with Gasteiger partial charge < -0.3 is 20.7 Å². The van der Waals surface area contributed by atoms with Gasteiger partial charge in [-0.15, -0.1) is 0 Å². The number of nitrogens with zero attached hydrogens (tertiary/aromatic N) is 2. The van der Waals surface area contributed by atoms with E-state index in [-0.39, 0.29) is 30.5 Å². The van der Waals surface area contributed by atoms with Gasteiger partial charge in [0.2, 0.25) is 5.91 Å². The molecule has 4 N–H and O–H groups in total. The summed E-state index contributed by atoms with van der Waals surface area (Å²) in [7, 11) is 0. The highest BCUT2D eigenvalue weighted by molar-refractivity contribution is 5.82. The molecular formula is C25H31N5O4. The molecule has 0 bridgehead atoms. The Labute approximate surface area is 198 Å². The number of anilines is 2. The van der Waals surface area contributed by atoms with Gasteiger partial charge in [0.05, 0.1) is 19.7 Å². The number of nitrogen functional groups attached to an aromatic ring is 1. The maximum atomic E-state index is 12.6. The Hall–Kier alpha value is -3.85. The number of carbonyl (C=O) groups excluding carboxylic acids is 1. The van der Waals surface area contributed by atoms with E-state index in [1.54, 1.807) is 4.90 Å². The molecule has 3 rings (SSSR count). The molecule has 1 amide bonds. The summed E-state index contributed by atoms with van der Waals surface area (Å²) < 4.78 is 6.92. The number of H-pyrrole nitrogens is 1. The van der Waals surface area contributed by atoms with Gasteiger partial charge in [0.1, 0.15) is 11.5 Å². The molecule has 0 spiro atoms. The van der Waals surface area contributed by atoms with Gasteiger partial charge in [0, 0.05) is 19.7 Å². The lowest BCUT2D eigenvalue weighted by Gasteiger charge is -2.24. The highest BCUT2D eigenvalue weighted by Crippen LogP contribution is 2.17. The van der Waals surface area contributed by atoms with E-state index in [1.807, 2.05) is 67.6 Å². The molecule has 0 atom stereocenters. The van der Waals surface area contributed by atoms with E-state index in [0.717, 1.165) is 11.1 Å². The third-order valence-corrected chi connectivity index (χ3v) is 5.33. The molecular weight excluding hydrogens is 434 g/mol. The zero-order valence-electron chi connectivity index (χ0n) is 19.3. The van der Waals surface area contributed by atoms with E-state index >= 15 is 0 Å². The number of carbonyl (C=O) groups is 1. The number of hydrogen-bond donors (Lipinski definition) is 3. The third-order valence-electron chi connectivity index (χ3n) is 5.33. The number of nitrogens with one attached hydrogen (secondary N) is 2. The summed E-state index contributed by atoms with van der Waals surface area (Å²) >= 11 is 0. The van der Waals surface area contributed by atoms with Crippen molar-refractivity contribution in [1.82, 2.24) is 14.9 Å². The minimum atomic E-state index is -0.615. The Bertz CT molecular complexity index is 1180. The number of benzene rings is 2. The van der Waals surface area contributed by atoms with Crippen molar-refractivity contribution in [1.29, 1.82) is 0 Å². The first-order chi connectivity index (χ1) is 16.5. The number of rotatable bonds is 12. The van der Waals surface area contributed by atoms with Crippen molar-refractivity contribution in [3.8, 4) is 0 Å². The summed E-state index contributed by atoms with van der Waals surface area (Å²) in [5.74, 6) is -0.217. The molecule has 0 unspecified atom stereocenters. The van der Waals surface area contributed by atoms with Gasteiger partial charge in [0.25, 0.3) is 5.56 Å². The Balaban J connectivity index is 1.56. The normalized spacial score (nSPS) is 10.7. The number of nitrogens with two attached hydrogens (primary N) is 1. The third kappa shape index (κ3) is 6.82. The predicted molar refractivity (Wildman–Crippen MR) is 133 cm³/mol. The Morgan fingerprint density at radius 1 is 1.06 bits per heavy atom. The number of hydrogen-bond acceptors (Lipinski definition) is 6. The number of likely N-dealkylation sites (N-methyl/N-ethyl adjacent to an activating group) is 1. The number of aromatic amines is 1. The van der Waals surface area contributed by atoms with E-state index in [9.17, 15) is 14.4 Å². The van der Waals surface area contributed by atoms with Crippen LogP contribution in [0.25, 0.3) is 0 Å². The Morgan fingerprint density at radius 3 is 2.35 bits per heavy atom. The summed E-state index contributed by atoms with van der Waals surface area (Å²) in [5, 5.41) is 2.84. The number of ether oxygens (including phenoxy) is 1. The van der Waals surface area contributed by atoms with Gasteiger partial charge in [0.15, 0.2) is 0 Å². The lowest BCUT2D eigenvalue weighted by atomic mass is 10.2. The van der Waals surface area contributed by atoms with Crippen molar-refractivity contribution in [2.45, 2.75) is 26.5 Å². The molecule has 1 heterocycles. The van der Waals surface area contributed by atoms with Crippen LogP contribution in [0.5, 0.6) is 0 Å². The van der Waals surface area contributed by atoms with E-state index in [0.29, 0.717) is 32.7 Å². The fourth-order valence-electron chi connectivity index (χ4n) is 3.55. The maximum Gasteiger partial charge on any atom is 0.330 e. The summed E-state index contributed by atoms with van der Waals surface area (Å²) in [5.41, 5.74) is 7.11. The van der Waals surface area contributed by atoms with Crippen LogP contribution in [0.2, 0.25) is 0 Å². The second-order valence-electron chi connectivity index (χ2n) is 7.82. The molecule has 34 heavy (non-hydrogen) atoms. The van der Waals surface area contributed by atoms with Gasteiger partial charge >= 0.3 is 5.69 Å².